The molecule has 8 nitrogen and oxygen atoms in total. The Balaban J connectivity index is 1.91. The maximum atomic E-state index is 14.6. The van der Waals surface area contributed by atoms with Crippen LogP contribution in [0.2, 0.25) is 0 Å². The van der Waals surface area contributed by atoms with Gasteiger partial charge in [0.15, 0.2) is 5.76 Å². The van der Waals surface area contributed by atoms with Gasteiger partial charge < -0.3 is 14.5 Å². The molecule has 0 aliphatic carbocycles. The molecule has 3 aromatic rings. The highest BCUT2D eigenvalue weighted by molar-refractivity contribution is 8.00. The minimum Gasteiger partial charge on any atom is -0.461 e. The second-order valence-electron chi connectivity index (χ2n) is 7.04. The number of thioether (sulfide) groups is 1. The molecular weight excluding hydrogens is 418 g/mol. The number of rotatable bonds is 5. The number of nitrogens with zero attached hydrogens (tertiary/aromatic N) is 3. The number of alkyl halides is 2. The van der Waals surface area contributed by atoms with Crippen molar-refractivity contribution >= 4 is 29.4 Å². The molecule has 1 N–H and O–H groups in total. The maximum absolute atomic E-state index is 14.6. The zero-order chi connectivity index (χ0) is 21.9. The lowest BCUT2D eigenvalue weighted by atomic mass is 10.2. The van der Waals surface area contributed by atoms with E-state index in [1.807, 2.05) is 0 Å². The predicted octanol–water partition coefficient (Wildman–Crippen LogP) is 4.64. The summed E-state index contributed by atoms with van der Waals surface area (Å²) in [7, 11) is 0. The van der Waals surface area contributed by atoms with Gasteiger partial charge in [0, 0.05) is 5.69 Å². The molecule has 1 aromatic carbocycles. The molecule has 3 rings (SSSR count). The topological polar surface area (TPSA) is 99.2 Å². The Hall–Kier alpha value is -3.21. The number of furan rings is 1. The van der Waals surface area contributed by atoms with Crippen molar-refractivity contribution in [1.29, 1.82) is 0 Å². The van der Waals surface area contributed by atoms with Gasteiger partial charge in [0.2, 0.25) is 11.0 Å². The van der Waals surface area contributed by atoms with Gasteiger partial charge in [-0.15, -0.1) is 10.2 Å². The van der Waals surface area contributed by atoms with E-state index in [4.69, 9.17) is 9.15 Å². The lowest BCUT2D eigenvalue weighted by Crippen LogP contribution is -2.33. The van der Waals surface area contributed by atoms with Crippen molar-refractivity contribution in [2.24, 2.45) is 0 Å². The van der Waals surface area contributed by atoms with Crippen LogP contribution in [0.25, 0.3) is 11.6 Å². The first-order valence-electron chi connectivity index (χ1n) is 8.73. The summed E-state index contributed by atoms with van der Waals surface area (Å²) in [6, 6.07) is 10.8. The first-order chi connectivity index (χ1) is 14.1. The number of amides is 1. The number of halogens is 2. The monoisotopic (exact) mass is 436 g/mol. The van der Waals surface area contributed by atoms with Crippen molar-refractivity contribution in [3.8, 4) is 11.6 Å². The van der Waals surface area contributed by atoms with Crippen molar-refractivity contribution in [2.75, 3.05) is 5.32 Å². The number of nitrogens with one attached hydrogen (secondary N) is 1. The number of ether oxygens (including phenoxy) is 1. The first-order valence-corrected chi connectivity index (χ1v) is 9.54. The Morgan fingerprint density at radius 2 is 1.80 bits per heavy atom. The van der Waals surface area contributed by atoms with E-state index in [0.29, 0.717) is 0 Å². The van der Waals surface area contributed by atoms with E-state index in [-0.39, 0.29) is 29.0 Å². The highest BCUT2D eigenvalue weighted by Crippen LogP contribution is 2.37. The van der Waals surface area contributed by atoms with Gasteiger partial charge in [-0.2, -0.15) is 13.3 Å². The molecule has 30 heavy (non-hydrogen) atoms. The SMILES string of the molecule is CC(C)(C)OC(=O)n1c(SC(F)(F)C(=O)Nc2ccccc2)nnc1-c1ccco1. The van der Waals surface area contributed by atoms with Gasteiger partial charge in [0.25, 0.3) is 0 Å². The molecule has 2 heterocycles. The van der Waals surface area contributed by atoms with Gasteiger partial charge in [0.05, 0.1) is 6.26 Å². The largest absolute Gasteiger partial charge is 0.461 e. The molecule has 0 aliphatic rings. The summed E-state index contributed by atoms with van der Waals surface area (Å²) < 4.78 is 40.5. The fourth-order valence-electron chi connectivity index (χ4n) is 2.26. The Bertz CT molecular complexity index is 1030. The smallest absolute Gasteiger partial charge is 0.422 e. The van der Waals surface area contributed by atoms with Crippen LogP contribution in [0.15, 0.2) is 58.3 Å². The molecule has 0 unspecified atom stereocenters. The van der Waals surface area contributed by atoms with Gasteiger partial charge in [-0.3, -0.25) is 4.79 Å². The Morgan fingerprint density at radius 1 is 1.10 bits per heavy atom. The van der Waals surface area contributed by atoms with Crippen LogP contribution < -0.4 is 5.32 Å². The van der Waals surface area contributed by atoms with Crippen molar-refractivity contribution < 1.29 is 27.5 Å². The van der Waals surface area contributed by atoms with Crippen LogP contribution in [-0.2, 0) is 9.53 Å². The third-order valence-corrected chi connectivity index (χ3v) is 4.36. The molecule has 0 radical (unpaired) electrons. The number of hydrogen-bond acceptors (Lipinski definition) is 7. The molecule has 158 valence electrons. The summed E-state index contributed by atoms with van der Waals surface area (Å²) in [5.74, 6) is -1.58. The van der Waals surface area contributed by atoms with Crippen LogP contribution in [0.5, 0.6) is 0 Å². The third kappa shape index (κ3) is 5.03. The van der Waals surface area contributed by atoms with Crippen LogP contribution in [0.4, 0.5) is 19.3 Å². The van der Waals surface area contributed by atoms with Crippen LogP contribution >= 0.6 is 11.8 Å². The summed E-state index contributed by atoms with van der Waals surface area (Å²) in [6.45, 7) is 4.86. The van der Waals surface area contributed by atoms with Crippen molar-refractivity contribution in [1.82, 2.24) is 14.8 Å². The first kappa shape index (κ1) is 21.5. The van der Waals surface area contributed by atoms with Crippen LogP contribution in [0, 0.1) is 0 Å². The number of benzene rings is 1. The van der Waals surface area contributed by atoms with E-state index < -0.39 is 28.0 Å². The molecule has 0 aliphatic heterocycles. The van der Waals surface area contributed by atoms with Crippen LogP contribution in [0.3, 0.4) is 0 Å². The molecule has 0 bridgehead atoms. The van der Waals surface area contributed by atoms with Gasteiger partial charge in [-0.25, -0.2) is 4.79 Å². The Kier molecular flexibility index (Phi) is 5.92. The summed E-state index contributed by atoms with van der Waals surface area (Å²) in [5, 5.41) is 5.06. The van der Waals surface area contributed by atoms with Gasteiger partial charge in [-0.1, -0.05) is 18.2 Å². The van der Waals surface area contributed by atoms with Gasteiger partial charge in [0.1, 0.15) is 5.60 Å². The highest BCUT2D eigenvalue weighted by Gasteiger charge is 2.43. The Morgan fingerprint density at radius 3 is 2.40 bits per heavy atom. The van der Waals surface area contributed by atoms with Gasteiger partial charge >= 0.3 is 17.3 Å². The summed E-state index contributed by atoms with van der Waals surface area (Å²) >= 11 is -0.226. The number of anilines is 1. The maximum Gasteiger partial charge on any atom is 0.422 e. The summed E-state index contributed by atoms with van der Waals surface area (Å²) in [5.41, 5.74) is -0.704. The van der Waals surface area contributed by atoms with Crippen LogP contribution in [-0.4, -0.2) is 37.6 Å². The molecule has 0 saturated carbocycles. The van der Waals surface area contributed by atoms with E-state index >= 15 is 0 Å². The standard InChI is InChI=1S/C19H18F2N4O4S/c1-18(2,3)29-17(27)25-14(13-10-7-11-28-13)23-24-16(25)30-19(20,21)15(26)22-12-8-5-4-6-9-12/h4-11H,1-3H3,(H,22,26). The summed E-state index contributed by atoms with van der Waals surface area (Å²) in [6.07, 6.45) is 0.346. The molecule has 1 amide bonds. The second kappa shape index (κ2) is 8.27. The van der Waals surface area contributed by atoms with E-state index in [1.165, 1.54) is 30.5 Å². The minimum absolute atomic E-state index is 0.122. The highest BCUT2D eigenvalue weighted by atomic mass is 32.2. The number of para-hydroxylation sites is 1. The predicted molar refractivity (Wildman–Crippen MR) is 105 cm³/mol. The molecule has 0 atom stereocenters. The lowest BCUT2D eigenvalue weighted by Gasteiger charge is -2.21. The fraction of sp³-hybridized carbons (Fsp3) is 0.263. The lowest BCUT2D eigenvalue weighted by molar-refractivity contribution is -0.129. The zero-order valence-electron chi connectivity index (χ0n) is 16.3. The molecule has 0 saturated heterocycles. The zero-order valence-corrected chi connectivity index (χ0v) is 17.1. The molecule has 0 spiro atoms. The molecule has 0 fully saturated rings. The van der Waals surface area contributed by atoms with Gasteiger partial charge in [-0.05, 0) is 56.8 Å². The minimum atomic E-state index is -3.96. The third-order valence-electron chi connectivity index (χ3n) is 3.47. The molecule has 2 aromatic heterocycles. The van der Waals surface area contributed by atoms with E-state index in [9.17, 15) is 18.4 Å². The number of aromatic nitrogens is 3. The average Bonchev–Trinajstić information content (AvgIpc) is 3.30. The summed E-state index contributed by atoms with van der Waals surface area (Å²) in [4.78, 5) is 24.8. The Labute approximate surface area is 174 Å². The average molecular weight is 436 g/mol. The fourth-order valence-corrected chi connectivity index (χ4v) is 2.97. The molecule has 11 heteroatoms. The quantitative estimate of drug-likeness (QED) is 0.582. The van der Waals surface area contributed by atoms with E-state index in [1.54, 1.807) is 39.0 Å². The van der Waals surface area contributed by atoms with Crippen LogP contribution in [0.1, 0.15) is 20.8 Å². The molecular formula is C19H18F2N4O4S. The number of hydrogen-bond donors (Lipinski definition) is 1. The normalized spacial score (nSPS) is 11.9. The van der Waals surface area contributed by atoms with E-state index in [2.05, 4.69) is 15.5 Å². The van der Waals surface area contributed by atoms with Crippen molar-refractivity contribution in [3.63, 3.8) is 0 Å². The number of carbonyl (C=O) groups excluding carboxylic acids is 2. The second-order valence-corrected chi connectivity index (χ2v) is 8.12. The van der Waals surface area contributed by atoms with E-state index in [0.717, 1.165) is 4.57 Å². The van der Waals surface area contributed by atoms with Crippen molar-refractivity contribution in [2.45, 2.75) is 36.8 Å². The number of carbonyl (C=O) groups is 2. The van der Waals surface area contributed by atoms with Crippen molar-refractivity contribution in [3.05, 3.63) is 48.7 Å².